The Balaban J connectivity index is 1.28. The molecule has 1 unspecified atom stereocenters. The standard InChI is InChI=1S/C26H34N2O3S/c1-21(23-6-4-3-5-7-23)12-16-27-17-13-26(14-18-27)15-19-28(25(26)29)20-22-8-10-24(11-9-22)32(2,30)31/h3-11,21H,12-20H2,1-2H3. The first kappa shape index (κ1) is 23.0. The summed E-state index contributed by atoms with van der Waals surface area (Å²) in [5.74, 6) is 0.826. The summed E-state index contributed by atoms with van der Waals surface area (Å²) >= 11 is 0. The molecule has 2 aliphatic heterocycles. The molecule has 1 amide bonds. The Hall–Kier alpha value is -2.18. The largest absolute Gasteiger partial charge is 0.338 e. The van der Waals surface area contributed by atoms with E-state index in [9.17, 15) is 13.2 Å². The van der Waals surface area contributed by atoms with Crippen molar-refractivity contribution in [2.75, 3.05) is 32.4 Å². The van der Waals surface area contributed by atoms with Gasteiger partial charge in [0, 0.05) is 19.3 Å². The number of hydrogen-bond donors (Lipinski definition) is 0. The Morgan fingerprint density at radius 2 is 1.56 bits per heavy atom. The highest BCUT2D eigenvalue weighted by Gasteiger charge is 2.47. The number of piperidine rings is 1. The molecule has 1 atom stereocenters. The van der Waals surface area contributed by atoms with Gasteiger partial charge in [-0.15, -0.1) is 0 Å². The maximum Gasteiger partial charge on any atom is 0.229 e. The predicted octanol–water partition coefficient (Wildman–Crippen LogP) is 4.10. The predicted molar refractivity (Wildman–Crippen MR) is 127 cm³/mol. The lowest BCUT2D eigenvalue weighted by molar-refractivity contribution is -0.138. The molecule has 32 heavy (non-hydrogen) atoms. The summed E-state index contributed by atoms with van der Waals surface area (Å²) in [6.45, 7) is 6.70. The van der Waals surface area contributed by atoms with E-state index in [0.29, 0.717) is 17.4 Å². The van der Waals surface area contributed by atoms with Crippen LogP contribution in [0.5, 0.6) is 0 Å². The molecule has 0 saturated carbocycles. The fourth-order valence-electron chi connectivity index (χ4n) is 5.10. The molecule has 2 aromatic rings. The molecular formula is C26H34N2O3S. The van der Waals surface area contributed by atoms with Crippen molar-refractivity contribution in [3.8, 4) is 0 Å². The van der Waals surface area contributed by atoms with E-state index in [1.54, 1.807) is 12.1 Å². The molecule has 2 aliphatic rings. The van der Waals surface area contributed by atoms with E-state index in [4.69, 9.17) is 0 Å². The zero-order valence-corrected chi connectivity index (χ0v) is 20.0. The summed E-state index contributed by atoms with van der Waals surface area (Å²) in [6.07, 6.45) is 5.16. The van der Waals surface area contributed by atoms with Gasteiger partial charge in [-0.25, -0.2) is 8.42 Å². The fourth-order valence-corrected chi connectivity index (χ4v) is 5.73. The van der Waals surface area contributed by atoms with E-state index in [1.807, 2.05) is 17.0 Å². The molecule has 0 radical (unpaired) electrons. The highest BCUT2D eigenvalue weighted by Crippen LogP contribution is 2.42. The van der Waals surface area contributed by atoms with Crippen molar-refractivity contribution in [3.63, 3.8) is 0 Å². The van der Waals surface area contributed by atoms with E-state index < -0.39 is 9.84 Å². The van der Waals surface area contributed by atoms with Gasteiger partial charge in [0.2, 0.25) is 5.91 Å². The summed E-state index contributed by atoms with van der Waals surface area (Å²) in [4.78, 5) is 18.1. The van der Waals surface area contributed by atoms with Gasteiger partial charge in [0.15, 0.2) is 9.84 Å². The Kier molecular flexibility index (Phi) is 6.72. The van der Waals surface area contributed by atoms with Gasteiger partial charge >= 0.3 is 0 Å². The third-order valence-corrected chi connectivity index (χ3v) is 8.51. The highest BCUT2D eigenvalue weighted by atomic mass is 32.2. The number of carbonyl (C=O) groups is 1. The number of likely N-dealkylation sites (tertiary alicyclic amines) is 2. The molecule has 5 nitrogen and oxygen atoms in total. The topological polar surface area (TPSA) is 57.7 Å². The van der Waals surface area contributed by atoms with Crippen LogP contribution >= 0.6 is 0 Å². The number of hydrogen-bond acceptors (Lipinski definition) is 4. The van der Waals surface area contributed by atoms with Crippen molar-refractivity contribution in [2.45, 2.75) is 50.0 Å². The monoisotopic (exact) mass is 454 g/mol. The van der Waals surface area contributed by atoms with Crippen LogP contribution in [0.25, 0.3) is 0 Å². The highest BCUT2D eigenvalue weighted by molar-refractivity contribution is 7.90. The minimum Gasteiger partial charge on any atom is -0.338 e. The van der Waals surface area contributed by atoms with Crippen LogP contribution in [0.3, 0.4) is 0 Å². The van der Waals surface area contributed by atoms with Crippen molar-refractivity contribution in [1.82, 2.24) is 9.80 Å². The minimum absolute atomic E-state index is 0.200. The molecule has 2 saturated heterocycles. The normalized spacial score (nSPS) is 20.1. The Bertz CT molecular complexity index is 1030. The third-order valence-electron chi connectivity index (χ3n) is 7.39. The number of amides is 1. The lowest BCUT2D eigenvalue weighted by atomic mass is 9.77. The van der Waals surface area contributed by atoms with Crippen LogP contribution in [0.15, 0.2) is 59.5 Å². The average Bonchev–Trinajstić information content (AvgIpc) is 3.08. The van der Waals surface area contributed by atoms with Crippen molar-refractivity contribution < 1.29 is 13.2 Å². The number of nitrogens with zero attached hydrogens (tertiary/aromatic N) is 2. The quantitative estimate of drug-likeness (QED) is 0.632. The maximum absolute atomic E-state index is 13.3. The Labute approximate surface area is 192 Å². The Morgan fingerprint density at radius 3 is 2.19 bits per heavy atom. The second kappa shape index (κ2) is 9.36. The van der Waals surface area contributed by atoms with Crippen LogP contribution in [0.4, 0.5) is 0 Å². The van der Waals surface area contributed by atoms with Gasteiger partial charge in [-0.1, -0.05) is 49.4 Å². The van der Waals surface area contributed by atoms with Crippen LogP contribution in [-0.2, 0) is 21.2 Å². The summed E-state index contributed by atoms with van der Waals surface area (Å²) in [7, 11) is -3.20. The number of rotatable bonds is 7. The molecule has 6 heteroatoms. The van der Waals surface area contributed by atoms with E-state index in [0.717, 1.165) is 57.4 Å². The number of sulfone groups is 1. The zero-order valence-electron chi connectivity index (χ0n) is 19.2. The molecule has 172 valence electrons. The van der Waals surface area contributed by atoms with Crippen LogP contribution in [-0.4, -0.2) is 56.6 Å². The molecule has 0 bridgehead atoms. The third kappa shape index (κ3) is 5.07. The first-order valence-electron chi connectivity index (χ1n) is 11.6. The van der Waals surface area contributed by atoms with Crippen LogP contribution in [0.1, 0.15) is 49.7 Å². The second-order valence-corrected chi connectivity index (χ2v) is 11.6. The van der Waals surface area contributed by atoms with Gasteiger partial charge in [-0.3, -0.25) is 4.79 Å². The lowest BCUT2D eigenvalue weighted by Crippen LogP contribution is -2.44. The van der Waals surface area contributed by atoms with Crippen LogP contribution < -0.4 is 0 Å². The minimum atomic E-state index is -3.20. The fraction of sp³-hybridized carbons (Fsp3) is 0.500. The summed E-state index contributed by atoms with van der Waals surface area (Å²) in [6, 6.07) is 17.6. The summed E-state index contributed by atoms with van der Waals surface area (Å²) in [5.41, 5.74) is 2.18. The van der Waals surface area contributed by atoms with E-state index in [1.165, 1.54) is 11.8 Å². The van der Waals surface area contributed by atoms with E-state index in [2.05, 4.69) is 42.2 Å². The first-order valence-corrected chi connectivity index (χ1v) is 13.5. The van der Waals surface area contributed by atoms with E-state index >= 15 is 0 Å². The van der Waals surface area contributed by atoms with E-state index in [-0.39, 0.29) is 11.3 Å². The molecule has 4 rings (SSSR count). The van der Waals surface area contributed by atoms with Crippen molar-refractivity contribution in [1.29, 1.82) is 0 Å². The van der Waals surface area contributed by atoms with Gasteiger partial charge < -0.3 is 9.80 Å². The molecular weight excluding hydrogens is 420 g/mol. The number of carbonyl (C=O) groups excluding carboxylic acids is 1. The van der Waals surface area contributed by atoms with Crippen molar-refractivity contribution in [3.05, 3.63) is 65.7 Å². The smallest absolute Gasteiger partial charge is 0.229 e. The van der Waals surface area contributed by atoms with Crippen LogP contribution in [0.2, 0.25) is 0 Å². The second-order valence-electron chi connectivity index (χ2n) is 9.62. The molecule has 2 fully saturated rings. The number of benzene rings is 2. The van der Waals surface area contributed by atoms with Gasteiger partial charge in [0.25, 0.3) is 0 Å². The Morgan fingerprint density at radius 1 is 0.938 bits per heavy atom. The van der Waals surface area contributed by atoms with Crippen molar-refractivity contribution >= 4 is 15.7 Å². The zero-order chi connectivity index (χ0) is 22.8. The average molecular weight is 455 g/mol. The van der Waals surface area contributed by atoms with Crippen LogP contribution in [0, 0.1) is 5.41 Å². The summed E-state index contributed by atoms with van der Waals surface area (Å²) < 4.78 is 23.3. The van der Waals surface area contributed by atoms with Gasteiger partial charge in [-0.2, -0.15) is 0 Å². The molecule has 2 aromatic carbocycles. The molecule has 1 spiro atoms. The van der Waals surface area contributed by atoms with Gasteiger partial charge in [0.05, 0.1) is 10.3 Å². The maximum atomic E-state index is 13.3. The molecule has 0 aliphatic carbocycles. The summed E-state index contributed by atoms with van der Waals surface area (Å²) in [5, 5.41) is 0. The molecule has 0 N–H and O–H groups in total. The van der Waals surface area contributed by atoms with Gasteiger partial charge in [-0.05, 0) is 74.5 Å². The van der Waals surface area contributed by atoms with Crippen molar-refractivity contribution in [2.24, 2.45) is 5.41 Å². The first-order chi connectivity index (χ1) is 15.3. The SMILES string of the molecule is CC(CCN1CCC2(CC1)CCN(Cc1ccc(S(C)(=O)=O)cc1)C2=O)c1ccccc1. The molecule has 2 heterocycles. The lowest BCUT2D eigenvalue weighted by Gasteiger charge is -2.38. The van der Waals surface area contributed by atoms with Gasteiger partial charge in [0.1, 0.15) is 0 Å². The molecule has 0 aromatic heterocycles.